The largest absolute Gasteiger partial charge is 0.399 e. The van der Waals surface area contributed by atoms with E-state index in [1.807, 2.05) is 0 Å². The molecule has 4 N–H and O–H groups in total. The monoisotopic (exact) mass is 193 g/mol. The SMILES string of the molecule is NC(=O)C(Cc1ccc(N)cc1)N=O. The van der Waals surface area contributed by atoms with Crippen molar-refractivity contribution in [2.75, 3.05) is 5.73 Å². The summed E-state index contributed by atoms with van der Waals surface area (Å²) in [5, 5.41) is 2.65. The molecule has 0 saturated carbocycles. The third-order valence-corrected chi connectivity index (χ3v) is 1.86. The molecule has 1 unspecified atom stereocenters. The number of nitrogens with two attached hydrogens (primary N) is 2. The summed E-state index contributed by atoms with van der Waals surface area (Å²) in [5.41, 5.74) is 11.9. The van der Waals surface area contributed by atoms with Gasteiger partial charge in [0, 0.05) is 12.1 Å². The van der Waals surface area contributed by atoms with Gasteiger partial charge >= 0.3 is 0 Å². The number of carbonyl (C=O) groups is 1. The lowest BCUT2D eigenvalue weighted by Crippen LogP contribution is -2.28. The van der Waals surface area contributed by atoms with E-state index in [0.29, 0.717) is 5.69 Å². The second-order valence-electron chi connectivity index (χ2n) is 2.97. The topological polar surface area (TPSA) is 98.5 Å². The van der Waals surface area contributed by atoms with Gasteiger partial charge in [0.05, 0.1) is 0 Å². The van der Waals surface area contributed by atoms with Crippen LogP contribution in [0.4, 0.5) is 5.69 Å². The van der Waals surface area contributed by atoms with Gasteiger partial charge in [-0.05, 0) is 17.7 Å². The Balaban J connectivity index is 2.72. The predicted octanol–water partition coefficient (Wildman–Crippen LogP) is 0.432. The van der Waals surface area contributed by atoms with Crippen molar-refractivity contribution in [3.63, 3.8) is 0 Å². The molecule has 0 aliphatic carbocycles. The van der Waals surface area contributed by atoms with Crippen molar-refractivity contribution in [1.29, 1.82) is 0 Å². The van der Waals surface area contributed by atoms with Gasteiger partial charge in [-0.15, -0.1) is 4.91 Å². The number of benzene rings is 1. The van der Waals surface area contributed by atoms with Gasteiger partial charge in [-0.3, -0.25) is 4.79 Å². The van der Waals surface area contributed by atoms with Crippen LogP contribution >= 0.6 is 0 Å². The molecule has 5 heteroatoms. The molecular formula is C9H11N3O2. The molecule has 1 amide bonds. The number of hydrogen-bond donors (Lipinski definition) is 2. The molecule has 1 aromatic rings. The van der Waals surface area contributed by atoms with Crippen LogP contribution < -0.4 is 11.5 Å². The zero-order valence-corrected chi connectivity index (χ0v) is 7.51. The zero-order valence-electron chi connectivity index (χ0n) is 7.51. The molecule has 5 nitrogen and oxygen atoms in total. The normalized spacial score (nSPS) is 12.0. The smallest absolute Gasteiger partial charge is 0.246 e. The highest BCUT2D eigenvalue weighted by Gasteiger charge is 2.15. The van der Waals surface area contributed by atoms with Crippen molar-refractivity contribution in [1.82, 2.24) is 0 Å². The van der Waals surface area contributed by atoms with E-state index in [0.717, 1.165) is 5.56 Å². The average Bonchev–Trinajstić information content (AvgIpc) is 2.16. The van der Waals surface area contributed by atoms with E-state index >= 15 is 0 Å². The summed E-state index contributed by atoms with van der Waals surface area (Å²) < 4.78 is 0. The lowest BCUT2D eigenvalue weighted by Gasteiger charge is -2.04. The summed E-state index contributed by atoms with van der Waals surface area (Å²) in [5.74, 6) is -0.711. The molecule has 0 aliphatic rings. The molecule has 14 heavy (non-hydrogen) atoms. The molecule has 0 heterocycles. The molecule has 74 valence electrons. The maximum absolute atomic E-state index is 10.7. The van der Waals surface area contributed by atoms with E-state index in [9.17, 15) is 9.70 Å². The van der Waals surface area contributed by atoms with Crippen LogP contribution in [-0.2, 0) is 11.2 Å². The molecule has 0 spiro atoms. The molecule has 0 aromatic heterocycles. The van der Waals surface area contributed by atoms with E-state index < -0.39 is 11.9 Å². The first-order chi connectivity index (χ1) is 6.63. The fourth-order valence-electron chi connectivity index (χ4n) is 1.07. The number of nitrogens with zero attached hydrogens (tertiary/aromatic N) is 1. The second kappa shape index (κ2) is 4.36. The first-order valence-electron chi connectivity index (χ1n) is 4.09. The standard InChI is InChI=1S/C9H11N3O2/c10-7-3-1-6(2-4-7)5-8(12-14)9(11)13/h1-4,8H,5,10H2,(H2,11,13). The van der Waals surface area contributed by atoms with E-state index in [2.05, 4.69) is 5.18 Å². The highest BCUT2D eigenvalue weighted by molar-refractivity contribution is 5.80. The lowest BCUT2D eigenvalue weighted by molar-refractivity contribution is -0.119. The Kier molecular flexibility index (Phi) is 3.17. The Labute approximate surface area is 81.1 Å². The van der Waals surface area contributed by atoms with Gasteiger partial charge in [-0.1, -0.05) is 17.3 Å². The highest BCUT2D eigenvalue weighted by atomic mass is 16.3. The second-order valence-corrected chi connectivity index (χ2v) is 2.97. The molecule has 0 radical (unpaired) electrons. The molecule has 1 rings (SSSR count). The lowest BCUT2D eigenvalue weighted by atomic mass is 10.1. The zero-order chi connectivity index (χ0) is 10.6. The summed E-state index contributed by atoms with van der Waals surface area (Å²) in [7, 11) is 0. The third-order valence-electron chi connectivity index (χ3n) is 1.86. The molecule has 0 bridgehead atoms. The Morgan fingerprint density at radius 1 is 1.36 bits per heavy atom. The number of hydrogen-bond acceptors (Lipinski definition) is 4. The number of primary amides is 1. The van der Waals surface area contributed by atoms with Crippen LogP contribution in [0.2, 0.25) is 0 Å². The Morgan fingerprint density at radius 3 is 2.36 bits per heavy atom. The van der Waals surface area contributed by atoms with E-state index in [4.69, 9.17) is 11.5 Å². The van der Waals surface area contributed by atoms with Crippen LogP contribution in [0.5, 0.6) is 0 Å². The molecule has 1 atom stereocenters. The minimum absolute atomic E-state index is 0.221. The first-order valence-corrected chi connectivity index (χ1v) is 4.09. The van der Waals surface area contributed by atoms with Crippen molar-refractivity contribution in [2.24, 2.45) is 10.9 Å². The minimum atomic E-state index is -1.00. The Hall–Kier alpha value is -1.91. The molecule has 1 aromatic carbocycles. The average molecular weight is 193 g/mol. The van der Waals surface area contributed by atoms with Gasteiger partial charge < -0.3 is 11.5 Å². The third kappa shape index (κ3) is 2.55. The molecule has 0 fully saturated rings. The van der Waals surface area contributed by atoms with Crippen molar-refractivity contribution >= 4 is 11.6 Å². The van der Waals surface area contributed by atoms with Crippen LogP contribution in [0.15, 0.2) is 29.4 Å². The number of anilines is 1. The van der Waals surface area contributed by atoms with Crippen molar-refractivity contribution in [3.8, 4) is 0 Å². The number of rotatable bonds is 4. The van der Waals surface area contributed by atoms with Crippen molar-refractivity contribution in [3.05, 3.63) is 34.7 Å². The number of amides is 1. The highest BCUT2D eigenvalue weighted by Crippen LogP contribution is 2.09. The van der Waals surface area contributed by atoms with Crippen LogP contribution in [0.3, 0.4) is 0 Å². The van der Waals surface area contributed by atoms with E-state index in [-0.39, 0.29) is 6.42 Å². The predicted molar refractivity (Wildman–Crippen MR) is 53.3 cm³/mol. The summed E-state index contributed by atoms with van der Waals surface area (Å²) in [6.45, 7) is 0. The summed E-state index contributed by atoms with van der Waals surface area (Å²) >= 11 is 0. The van der Waals surface area contributed by atoms with E-state index in [1.165, 1.54) is 0 Å². The maximum atomic E-state index is 10.7. The van der Waals surface area contributed by atoms with Crippen LogP contribution in [0.25, 0.3) is 0 Å². The molecule has 0 saturated heterocycles. The van der Waals surface area contributed by atoms with Crippen LogP contribution in [-0.4, -0.2) is 11.9 Å². The van der Waals surface area contributed by atoms with Crippen molar-refractivity contribution < 1.29 is 4.79 Å². The number of nitrogen functional groups attached to an aromatic ring is 1. The summed E-state index contributed by atoms with van der Waals surface area (Å²) in [6.07, 6.45) is 0.221. The van der Waals surface area contributed by atoms with Gasteiger partial charge in [-0.25, -0.2) is 0 Å². The fourth-order valence-corrected chi connectivity index (χ4v) is 1.07. The molecular weight excluding hydrogens is 182 g/mol. The first kappa shape index (κ1) is 10.2. The number of nitroso groups, excluding NO2 is 1. The van der Waals surface area contributed by atoms with Crippen LogP contribution in [0.1, 0.15) is 5.56 Å². The van der Waals surface area contributed by atoms with Gasteiger partial charge in [0.25, 0.3) is 0 Å². The van der Waals surface area contributed by atoms with Gasteiger partial charge in [0.2, 0.25) is 5.91 Å². The summed E-state index contributed by atoms with van der Waals surface area (Å²) in [6, 6.07) is 5.85. The van der Waals surface area contributed by atoms with Gasteiger partial charge in [-0.2, -0.15) is 0 Å². The van der Waals surface area contributed by atoms with Crippen LogP contribution in [0, 0.1) is 4.91 Å². The Morgan fingerprint density at radius 2 is 1.93 bits per heavy atom. The maximum Gasteiger partial charge on any atom is 0.246 e. The fraction of sp³-hybridized carbons (Fsp3) is 0.222. The van der Waals surface area contributed by atoms with Gasteiger partial charge in [0.1, 0.15) is 0 Å². The minimum Gasteiger partial charge on any atom is -0.399 e. The summed E-state index contributed by atoms with van der Waals surface area (Å²) in [4.78, 5) is 20.9. The van der Waals surface area contributed by atoms with Gasteiger partial charge in [0.15, 0.2) is 6.04 Å². The quantitative estimate of drug-likeness (QED) is 0.535. The van der Waals surface area contributed by atoms with E-state index in [1.54, 1.807) is 24.3 Å². The number of carbonyl (C=O) groups excluding carboxylic acids is 1. The molecule has 0 aliphatic heterocycles. The Bertz CT molecular complexity index is 334. The van der Waals surface area contributed by atoms with Crippen molar-refractivity contribution in [2.45, 2.75) is 12.5 Å².